The van der Waals surface area contributed by atoms with Crippen LogP contribution in [-0.4, -0.2) is 80.8 Å². The molecule has 0 radical (unpaired) electrons. The third-order valence-corrected chi connectivity index (χ3v) is 4.69. The van der Waals surface area contributed by atoms with E-state index in [0.29, 0.717) is 19.6 Å². The molecule has 2 aliphatic rings. The number of anilines is 2. The number of carbonyl (C=O) groups excluding carboxylic acids is 2. The first kappa shape index (κ1) is 21.2. The molecule has 2 N–H and O–H groups in total. The Bertz CT molecular complexity index is 743. The highest BCUT2D eigenvalue weighted by Crippen LogP contribution is 2.31. The highest BCUT2D eigenvalue weighted by Gasteiger charge is 2.34. The van der Waals surface area contributed by atoms with Gasteiger partial charge in [-0.25, -0.2) is 13.6 Å². The van der Waals surface area contributed by atoms with E-state index < -0.39 is 23.8 Å². The molecule has 0 spiro atoms. The van der Waals surface area contributed by atoms with Crippen LogP contribution in [0.2, 0.25) is 0 Å². The number of benzene rings is 1. The molecule has 2 amide bonds. The number of aliphatic hydroxyl groups is 1. The summed E-state index contributed by atoms with van der Waals surface area (Å²) in [7, 11) is 0. The minimum atomic E-state index is -0.797. The summed E-state index contributed by atoms with van der Waals surface area (Å²) in [6.45, 7) is 2.98. The van der Waals surface area contributed by atoms with Gasteiger partial charge in [-0.3, -0.25) is 14.5 Å². The lowest BCUT2D eigenvalue weighted by Crippen LogP contribution is -2.33. The van der Waals surface area contributed by atoms with Crippen molar-refractivity contribution < 1.29 is 33.1 Å². The highest BCUT2D eigenvalue weighted by molar-refractivity contribution is 5.90. The highest BCUT2D eigenvalue weighted by atomic mass is 19.1. The Morgan fingerprint density at radius 1 is 1.28 bits per heavy atom. The van der Waals surface area contributed by atoms with Crippen LogP contribution in [0.25, 0.3) is 0 Å². The molecule has 2 saturated heterocycles. The van der Waals surface area contributed by atoms with Gasteiger partial charge >= 0.3 is 6.09 Å². The Morgan fingerprint density at radius 2 is 2.00 bits per heavy atom. The molecular weight excluding hydrogens is 390 g/mol. The number of hydrogen-bond donors (Lipinski definition) is 2. The maximum atomic E-state index is 14.8. The van der Waals surface area contributed by atoms with Gasteiger partial charge in [0, 0.05) is 45.2 Å². The number of hydroxylamine groups is 2. The van der Waals surface area contributed by atoms with Crippen LogP contribution in [0.1, 0.15) is 6.92 Å². The van der Waals surface area contributed by atoms with Crippen molar-refractivity contribution in [2.45, 2.75) is 13.0 Å². The number of hydrogen-bond acceptors (Lipinski definition) is 7. The van der Waals surface area contributed by atoms with Gasteiger partial charge < -0.3 is 20.1 Å². The standard InChI is InChI=1S/C18H24F2N4O5/c1-12(26)21-10-14-11-24(18(27)29-14)13-8-15(19)17(16(20)9-13)22-2-3-23(4-6-25)28-7-5-22/h8-9,14,25H,2-7,10-11H2,1H3,(H,21,26)/t14-/m0/s1. The van der Waals surface area contributed by atoms with E-state index in [1.165, 1.54) is 11.8 Å². The Balaban J connectivity index is 1.72. The smallest absolute Gasteiger partial charge is 0.414 e. The van der Waals surface area contributed by atoms with Crippen LogP contribution < -0.4 is 15.1 Å². The zero-order chi connectivity index (χ0) is 21.0. The van der Waals surface area contributed by atoms with Crippen molar-refractivity contribution in [2.75, 3.05) is 62.3 Å². The molecular formula is C18H24F2N4O5. The topological polar surface area (TPSA) is 94.6 Å². The summed E-state index contributed by atoms with van der Waals surface area (Å²) in [4.78, 5) is 31.2. The van der Waals surface area contributed by atoms with Gasteiger partial charge in [-0.05, 0) is 0 Å². The molecule has 1 aromatic carbocycles. The molecule has 1 atom stereocenters. The molecule has 0 bridgehead atoms. The van der Waals surface area contributed by atoms with Gasteiger partial charge in [0.2, 0.25) is 5.91 Å². The summed E-state index contributed by atoms with van der Waals surface area (Å²) in [6, 6.07) is 2.19. The van der Waals surface area contributed by atoms with E-state index in [9.17, 15) is 18.4 Å². The van der Waals surface area contributed by atoms with Crippen molar-refractivity contribution >= 4 is 23.4 Å². The first-order valence-corrected chi connectivity index (χ1v) is 9.34. The number of halogens is 2. The van der Waals surface area contributed by atoms with Crippen LogP contribution in [0.4, 0.5) is 25.0 Å². The van der Waals surface area contributed by atoms with Crippen LogP contribution in [0.3, 0.4) is 0 Å². The van der Waals surface area contributed by atoms with E-state index in [2.05, 4.69) is 5.32 Å². The molecule has 9 nitrogen and oxygen atoms in total. The molecule has 2 aliphatic heterocycles. The third kappa shape index (κ3) is 5.11. The van der Waals surface area contributed by atoms with Crippen LogP contribution in [0.5, 0.6) is 0 Å². The number of cyclic esters (lactones) is 1. The van der Waals surface area contributed by atoms with Gasteiger partial charge in [0.25, 0.3) is 0 Å². The number of nitrogens with zero attached hydrogens (tertiary/aromatic N) is 3. The minimum Gasteiger partial charge on any atom is -0.442 e. The summed E-state index contributed by atoms with van der Waals surface area (Å²) in [6.07, 6.45) is -1.33. The number of amides is 2. The van der Waals surface area contributed by atoms with Crippen molar-refractivity contribution in [1.82, 2.24) is 10.4 Å². The first-order valence-electron chi connectivity index (χ1n) is 9.34. The van der Waals surface area contributed by atoms with Crippen molar-refractivity contribution in [2.24, 2.45) is 0 Å². The van der Waals surface area contributed by atoms with Gasteiger partial charge in [0.1, 0.15) is 11.8 Å². The Morgan fingerprint density at radius 3 is 2.66 bits per heavy atom. The second kappa shape index (κ2) is 9.33. The summed E-state index contributed by atoms with van der Waals surface area (Å²) in [5.74, 6) is -1.86. The number of nitrogens with one attached hydrogen (secondary N) is 1. The largest absolute Gasteiger partial charge is 0.442 e. The van der Waals surface area contributed by atoms with Crippen LogP contribution in [0, 0.1) is 11.6 Å². The predicted molar refractivity (Wildman–Crippen MR) is 99.5 cm³/mol. The Kier molecular flexibility index (Phi) is 6.83. The number of carbonyl (C=O) groups is 2. The zero-order valence-corrected chi connectivity index (χ0v) is 16.1. The molecule has 0 aliphatic carbocycles. The van der Waals surface area contributed by atoms with Crippen molar-refractivity contribution in [3.8, 4) is 0 Å². The summed E-state index contributed by atoms with van der Waals surface area (Å²) in [5, 5.41) is 13.1. The van der Waals surface area contributed by atoms with Gasteiger partial charge in [0.05, 0.1) is 32.0 Å². The first-order chi connectivity index (χ1) is 13.9. The fourth-order valence-electron chi connectivity index (χ4n) is 3.31. The molecule has 0 aromatic heterocycles. The average molecular weight is 414 g/mol. The number of aliphatic hydroxyl groups excluding tert-OH is 1. The van der Waals surface area contributed by atoms with E-state index in [-0.39, 0.29) is 50.1 Å². The van der Waals surface area contributed by atoms with Gasteiger partial charge in [-0.15, -0.1) is 0 Å². The van der Waals surface area contributed by atoms with E-state index in [4.69, 9.17) is 14.7 Å². The molecule has 1 aromatic rings. The molecule has 3 rings (SSSR count). The van der Waals surface area contributed by atoms with Crippen LogP contribution in [-0.2, 0) is 14.4 Å². The zero-order valence-electron chi connectivity index (χ0n) is 16.1. The van der Waals surface area contributed by atoms with Crippen LogP contribution >= 0.6 is 0 Å². The fraction of sp³-hybridized carbons (Fsp3) is 0.556. The average Bonchev–Trinajstić information content (AvgIpc) is 2.88. The van der Waals surface area contributed by atoms with E-state index in [1.54, 1.807) is 5.06 Å². The molecule has 11 heteroatoms. The SMILES string of the molecule is CC(=O)NC[C@H]1CN(c2cc(F)c(N3CCON(CCO)CC3)c(F)c2)C(=O)O1. The van der Waals surface area contributed by atoms with E-state index >= 15 is 0 Å². The van der Waals surface area contributed by atoms with Gasteiger partial charge in [0.15, 0.2) is 11.6 Å². The monoisotopic (exact) mass is 414 g/mol. The number of ether oxygens (including phenoxy) is 1. The summed E-state index contributed by atoms with van der Waals surface area (Å²) >= 11 is 0. The number of β-amino-alcohol motifs (C(OH)–C–C–N with tert-alkyl or cyclic N) is 1. The number of rotatable bonds is 6. The van der Waals surface area contributed by atoms with Gasteiger partial charge in [-0.2, -0.15) is 5.06 Å². The second-order valence-electron chi connectivity index (χ2n) is 6.78. The lowest BCUT2D eigenvalue weighted by Gasteiger charge is -2.24. The lowest BCUT2D eigenvalue weighted by atomic mass is 10.2. The molecule has 0 unspecified atom stereocenters. The van der Waals surface area contributed by atoms with Gasteiger partial charge in [-0.1, -0.05) is 0 Å². The lowest BCUT2D eigenvalue weighted by molar-refractivity contribution is -0.152. The van der Waals surface area contributed by atoms with Crippen molar-refractivity contribution in [1.29, 1.82) is 0 Å². The molecule has 160 valence electrons. The molecule has 0 saturated carbocycles. The quantitative estimate of drug-likeness (QED) is 0.699. The van der Waals surface area contributed by atoms with Crippen molar-refractivity contribution in [3.05, 3.63) is 23.8 Å². The van der Waals surface area contributed by atoms with E-state index in [0.717, 1.165) is 17.0 Å². The predicted octanol–water partition coefficient (Wildman–Crippen LogP) is 0.472. The third-order valence-electron chi connectivity index (χ3n) is 4.69. The normalized spacial score (nSPS) is 20.6. The van der Waals surface area contributed by atoms with E-state index in [1.807, 2.05) is 0 Å². The summed E-state index contributed by atoms with van der Waals surface area (Å²) < 4.78 is 34.7. The second-order valence-corrected chi connectivity index (χ2v) is 6.78. The molecule has 29 heavy (non-hydrogen) atoms. The molecule has 2 fully saturated rings. The Labute approximate surface area is 166 Å². The summed E-state index contributed by atoms with van der Waals surface area (Å²) in [5.41, 5.74) is -0.141. The van der Waals surface area contributed by atoms with Crippen molar-refractivity contribution in [3.63, 3.8) is 0 Å². The van der Waals surface area contributed by atoms with Crippen LogP contribution in [0.15, 0.2) is 12.1 Å². The minimum absolute atomic E-state index is 0.0482. The molecule has 2 heterocycles. The maximum Gasteiger partial charge on any atom is 0.414 e. The fourth-order valence-corrected chi connectivity index (χ4v) is 3.31. The Hall–Kier alpha value is -2.50. The maximum absolute atomic E-state index is 14.8.